The molecule has 0 aliphatic carbocycles. The molecule has 0 unspecified atom stereocenters. The zero-order chi connectivity index (χ0) is 6.69. The smallest absolute Gasteiger partial charge is 0.314 e. The first-order valence-electron chi connectivity index (χ1n) is 3.01. The van der Waals surface area contributed by atoms with E-state index < -0.39 is 6.55 Å². The summed E-state index contributed by atoms with van der Waals surface area (Å²) in [6.45, 7) is -1.82. The first-order chi connectivity index (χ1) is 4.30. The van der Waals surface area contributed by atoms with Crippen molar-refractivity contribution >= 4 is 0 Å². The van der Waals surface area contributed by atoms with Gasteiger partial charge in [0.1, 0.15) is 0 Å². The molecular weight excluding hydrogens is 124 g/mol. The quantitative estimate of drug-likeness (QED) is 0.493. The van der Waals surface area contributed by atoms with E-state index in [1.807, 2.05) is 0 Å². The fourth-order valence-electron chi connectivity index (χ4n) is 0.839. The van der Waals surface area contributed by atoms with Crippen LogP contribution in [0.2, 0.25) is 0 Å². The molecule has 3 heteroatoms. The number of allylic oxidation sites excluding steroid dienone is 1. The summed E-state index contributed by atoms with van der Waals surface area (Å²) in [7, 11) is 0. The van der Waals surface area contributed by atoms with Crippen LogP contribution in [0.1, 0.15) is 12.8 Å². The lowest BCUT2D eigenvalue weighted by Crippen LogP contribution is -2.26. The molecule has 1 nitrogen and oxygen atoms in total. The molecule has 0 spiro atoms. The van der Waals surface area contributed by atoms with E-state index in [-0.39, 0.29) is 0 Å². The summed E-state index contributed by atoms with van der Waals surface area (Å²) in [6.07, 6.45) is 5.02. The number of nitrogens with zero attached hydrogens (tertiary/aromatic N) is 1. The highest BCUT2D eigenvalue weighted by atomic mass is 19.3. The van der Waals surface area contributed by atoms with Crippen molar-refractivity contribution in [1.82, 2.24) is 4.90 Å². The van der Waals surface area contributed by atoms with Gasteiger partial charge in [0.25, 0.3) is 0 Å². The number of alkyl halides is 2. The summed E-state index contributed by atoms with van der Waals surface area (Å²) < 4.78 is 23.6. The van der Waals surface area contributed by atoms with Crippen LogP contribution in [0.4, 0.5) is 8.78 Å². The SMILES string of the molecule is FC(F)N1C=CCCC1. The Kier molecular flexibility index (Phi) is 2.03. The molecule has 1 heterocycles. The van der Waals surface area contributed by atoms with Gasteiger partial charge in [-0.3, -0.25) is 0 Å². The maximum absolute atomic E-state index is 11.8. The Balaban J connectivity index is 2.40. The Bertz CT molecular complexity index is 112. The molecule has 0 aromatic rings. The van der Waals surface area contributed by atoms with E-state index in [9.17, 15) is 8.78 Å². The van der Waals surface area contributed by atoms with E-state index in [1.165, 1.54) is 6.20 Å². The fourth-order valence-corrected chi connectivity index (χ4v) is 0.839. The fraction of sp³-hybridized carbons (Fsp3) is 0.667. The standard InChI is InChI=1S/C6H9F2N/c7-6(8)9-4-2-1-3-5-9/h2,4,6H,1,3,5H2. The van der Waals surface area contributed by atoms with Crippen LogP contribution in [0.15, 0.2) is 12.3 Å². The molecule has 0 fully saturated rings. The highest BCUT2D eigenvalue weighted by Crippen LogP contribution is 2.10. The third-order valence-corrected chi connectivity index (χ3v) is 1.33. The van der Waals surface area contributed by atoms with Gasteiger partial charge in [-0.15, -0.1) is 0 Å². The van der Waals surface area contributed by atoms with Crippen molar-refractivity contribution in [2.45, 2.75) is 19.4 Å². The van der Waals surface area contributed by atoms with Gasteiger partial charge in [0.2, 0.25) is 0 Å². The van der Waals surface area contributed by atoms with E-state index in [0.717, 1.165) is 17.7 Å². The molecule has 1 aliphatic heterocycles. The molecule has 0 aromatic carbocycles. The van der Waals surface area contributed by atoms with Crippen LogP contribution < -0.4 is 0 Å². The van der Waals surface area contributed by atoms with Crippen LogP contribution in [0, 0.1) is 0 Å². The lowest BCUT2D eigenvalue weighted by atomic mass is 10.2. The lowest BCUT2D eigenvalue weighted by molar-refractivity contribution is 0.00285. The van der Waals surface area contributed by atoms with E-state index in [0.29, 0.717) is 6.54 Å². The molecule has 0 atom stereocenters. The number of hydrogen-bond donors (Lipinski definition) is 0. The first-order valence-corrected chi connectivity index (χ1v) is 3.01. The van der Waals surface area contributed by atoms with E-state index >= 15 is 0 Å². The number of halogens is 2. The maximum Gasteiger partial charge on any atom is 0.314 e. The Morgan fingerprint density at radius 3 is 2.56 bits per heavy atom. The second-order valence-corrected chi connectivity index (χ2v) is 2.04. The molecular formula is C6H9F2N. The Hall–Kier alpha value is -0.600. The molecule has 0 bridgehead atoms. The minimum absolute atomic E-state index is 0.494. The first kappa shape index (κ1) is 6.52. The van der Waals surface area contributed by atoms with Crippen molar-refractivity contribution in [1.29, 1.82) is 0 Å². The van der Waals surface area contributed by atoms with Crippen molar-refractivity contribution in [2.75, 3.05) is 6.54 Å². The van der Waals surface area contributed by atoms with E-state index in [4.69, 9.17) is 0 Å². The minimum Gasteiger partial charge on any atom is -0.323 e. The predicted octanol–water partition coefficient (Wildman–Crippen LogP) is 1.82. The van der Waals surface area contributed by atoms with Crippen molar-refractivity contribution in [3.8, 4) is 0 Å². The molecule has 0 amide bonds. The van der Waals surface area contributed by atoms with Gasteiger partial charge in [-0.2, -0.15) is 8.78 Å². The average molecular weight is 133 g/mol. The van der Waals surface area contributed by atoms with Crippen molar-refractivity contribution in [2.24, 2.45) is 0 Å². The van der Waals surface area contributed by atoms with Crippen LogP contribution in [-0.2, 0) is 0 Å². The second-order valence-electron chi connectivity index (χ2n) is 2.04. The van der Waals surface area contributed by atoms with Crippen LogP contribution in [-0.4, -0.2) is 18.0 Å². The summed E-state index contributed by atoms with van der Waals surface area (Å²) in [6, 6.07) is 0. The van der Waals surface area contributed by atoms with Crippen molar-refractivity contribution in [3.63, 3.8) is 0 Å². The third-order valence-electron chi connectivity index (χ3n) is 1.33. The van der Waals surface area contributed by atoms with Crippen LogP contribution in [0.25, 0.3) is 0 Å². The molecule has 0 saturated carbocycles. The summed E-state index contributed by atoms with van der Waals surface area (Å²) >= 11 is 0. The molecule has 52 valence electrons. The Morgan fingerprint density at radius 2 is 2.22 bits per heavy atom. The monoisotopic (exact) mass is 133 g/mol. The van der Waals surface area contributed by atoms with Gasteiger partial charge in [-0.1, -0.05) is 6.08 Å². The van der Waals surface area contributed by atoms with Crippen molar-refractivity contribution < 1.29 is 8.78 Å². The molecule has 0 aromatic heterocycles. The maximum atomic E-state index is 11.8. The third kappa shape index (κ3) is 1.66. The van der Waals surface area contributed by atoms with Crippen LogP contribution in [0.3, 0.4) is 0 Å². The van der Waals surface area contributed by atoms with Gasteiger partial charge in [-0.25, -0.2) is 0 Å². The largest absolute Gasteiger partial charge is 0.323 e. The van der Waals surface area contributed by atoms with E-state index in [1.54, 1.807) is 6.08 Å². The number of rotatable bonds is 1. The van der Waals surface area contributed by atoms with Gasteiger partial charge in [0.05, 0.1) is 0 Å². The lowest BCUT2D eigenvalue weighted by Gasteiger charge is -2.21. The van der Waals surface area contributed by atoms with Gasteiger partial charge >= 0.3 is 6.55 Å². The topological polar surface area (TPSA) is 3.24 Å². The van der Waals surface area contributed by atoms with Gasteiger partial charge in [0, 0.05) is 12.7 Å². The Labute approximate surface area is 53.0 Å². The zero-order valence-corrected chi connectivity index (χ0v) is 5.06. The molecule has 1 rings (SSSR count). The Morgan fingerprint density at radius 1 is 1.44 bits per heavy atom. The van der Waals surface area contributed by atoms with Gasteiger partial charge in [0.15, 0.2) is 0 Å². The molecule has 0 radical (unpaired) electrons. The van der Waals surface area contributed by atoms with Crippen LogP contribution in [0.5, 0.6) is 0 Å². The summed E-state index contributed by atoms with van der Waals surface area (Å²) in [5.74, 6) is 0. The molecule has 1 aliphatic rings. The molecule has 0 saturated heterocycles. The minimum atomic E-state index is -2.32. The second kappa shape index (κ2) is 2.80. The zero-order valence-electron chi connectivity index (χ0n) is 5.06. The summed E-state index contributed by atoms with van der Waals surface area (Å²) in [5, 5.41) is 0. The van der Waals surface area contributed by atoms with Crippen molar-refractivity contribution in [3.05, 3.63) is 12.3 Å². The highest BCUT2D eigenvalue weighted by Gasteiger charge is 2.12. The molecule has 0 N–H and O–H groups in total. The number of hydrogen-bond acceptors (Lipinski definition) is 1. The normalized spacial score (nSPS) is 19.2. The summed E-state index contributed by atoms with van der Waals surface area (Å²) in [5.41, 5.74) is 0. The van der Waals surface area contributed by atoms with Gasteiger partial charge in [-0.05, 0) is 12.8 Å². The summed E-state index contributed by atoms with van der Waals surface area (Å²) in [4.78, 5) is 1.05. The predicted molar refractivity (Wildman–Crippen MR) is 31.1 cm³/mol. The van der Waals surface area contributed by atoms with E-state index in [2.05, 4.69) is 0 Å². The molecule has 9 heavy (non-hydrogen) atoms. The van der Waals surface area contributed by atoms with Gasteiger partial charge < -0.3 is 4.90 Å². The van der Waals surface area contributed by atoms with Crippen LogP contribution >= 0.6 is 0 Å². The average Bonchev–Trinajstić information content (AvgIpc) is 1.90. The highest BCUT2D eigenvalue weighted by molar-refractivity contribution is 4.86.